The number of oxazole rings is 1. The van der Waals surface area contributed by atoms with Crippen LogP contribution in [0, 0.1) is 0 Å². The van der Waals surface area contributed by atoms with Crippen LogP contribution in [-0.2, 0) is 0 Å². The van der Waals surface area contributed by atoms with Gasteiger partial charge in [0.25, 0.3) is 0 Å². The molecule has 0 radical (unpaired) electrons. The normalized spacial score (nSPS) is 10.8. The summed E-state index contributed by atoms with van der Waals surface area (Å²) in [6.07, 6.45) is 0. The summed E-state index contributed by atoms with van der Waals surface area (Å²) in [4.78, 5) is 4.50. The number of halogens is 1. The van der Waals surface area contributed by atoms with E-state index >= 15 is 0 Å². The third-order valence-electron chi connectivity index (χ3n) is 2.84. The summed E-state index contributed by atoms with van der Waals surface area (Å²) in [5.74, 6) is 0.589. The fraction of sp³-hybridized carbons (Fsp3) is 0.133. The lowest BCUT2D eigenvalue weighted by molar-refractivity contribution is 0.620. The maximum Gasteiger partial charge on any atom is 0.227 e. The van der Waals surface area contributed by atoms with E-state index in [9.17, 15) is 0 Å². The molecule has 1 aromatic heterocycles. The zero-order chi connectivity index (χ0) is 13.2. The molecule has 3 aromatic rings. The van der Waals surface area contributed by atoms with Gasteiger partial charge in [0.05, 0.1) is 0 Å². The van der Waals surface area contributed by atoms with Gasteiger partial charge in [-0.05, 0) is 43.3 Å². The number of hydrogen-bond donors (Lipinski definition) is 1. The first kappa shape index (κ1) is 12.1. The molecule has 1 N–H and O–H groups in total. The first-order valence-electron chi connectivity index (χ1n) is 6.16. The lowest BCUT2D eigenvalue weighted by atomic mass is 10.2. The molecule has 0 aliphatic heterocycles. The van der Waals surface area contributed by atoms with Crippen LogP contribution in [0.25, 0.3) is 22.6 Å². The molecule has 0 fully saturated rings. The van der Waals surface area contributed by atoms with Crippen molar-refractivity contribution in [1.29, 1.82) is 0 Å². The molecule has 3 rings (SSSR count). The van der Waals surface area contributed by atoms with Gasteiger partial charge < -0.3 is 9.73 Å². The quantitative estimate of drug-likeness (QED) is 0.758. The Hall–Kier alpha value is -2.00. The molecule has 96 valence electrons. The summed E-state index contributed by atoms with van der Waals surface area (Å²) in [6, 6.07) is 13.4. The smallest absolute Gasteiger partial charge is 0.227 e. The third kappa shape index (κ3) is 2.42. The minimum Gasteiger partial charge on any atom is -0.436 e. The van der Waals surface area contributed by atoms with Crippen molar-refractivity contribution in [2.24, 2.45) is 0 Å². The van der Waals surface area contributed by atoms with Crippen LogP contribution in [0.3, 0.4) is 0 Å². The highest BCUT2D eigenvalue weighted by atomic mass is 35.5. The Morgan fingerprint density at radius 3 is 2.89 bits per heavy atom. The number of hydrogen-bond acceptors (Lipinski definition) is 3. The van der Waals surface area contributed by atoms with E-state index in [1.165, 1.54) is 0 Å². The van der Waals surface area contributed by atoms with Gasteiger partial charge in [0.15, 0.2) is 5.58 Å². The fourth-order valence-corrected chi connectivity index (χ4v) is 2.18. The topological polar surface area (TPSA) is 38.1 Å². The predicted molar refractivity (Wildman–Crippen MR) is 78.6 cm³/mol. The molecule has 4 heteroatoms. The van der Waals surface area contributed by atoms with Gasteiger partial charge in [-0.25, -0.2) is 4.98 Å². The van der Waals surface area contributed by atoms with Gasteiger partial charge in [0, 0.05) is 22.8 Å². The zero-order valence-corrected chi connectivity index (χ0v) is 11.2. The standard InChI is InChI=1S/C15H13ClN2O/c1-2-17-12-6-7-14-13(9-12)18-15(19-14)10-4-3-5-11(16)8-10/h3-9,17H,2H2,1H3. The monoisotopic (exact) mass is 272 g/mol. The molecule has 0 spiro atoms. The van der Waals surface area contributed by atoms with Crippen LogP contribution in [0.15, 0.2) is 46.9 Å². The van der Waals surface area contributed by atoms with Gasteiger partial charge in [-0.1, -0.05) is 17.7 Å². The molecular formula is C15H13ClN2O. The van der Waals surface area contributed by atoms with Gasteiger partial charge >= 0.3 is 0 Å². The SMILES string of the molecule is CCNc1ccc2oc(-c3cccc(Cl)c3)nc2c1. The molecule has 3 nitrogen and oxygen atoms in total. The molecule has 0 amide bonds. The fourth-order valence-electron chi connectivity index (χ4n) is 1.99. The number of rotatable bonds is 3. The molecule has 0 saturated heterocycles. The van der Waals surface area contributed by atoms with Crippen LogP contribution >= 0.6 is 11.6 Å². The van der Waals surface area contributed by atoms with E-state index in [0.29, 0.717) is 10.9 Å². The van der Waals surface area contributed by atoms with Crippen molar-refractivity contribution in [3.63, 3.8) is 0 Å². The average Bonchev–Trinajstić information content (AvgIpc) is 2.82. The van der Waals surface area contributed by atoms with Crippen LogP contribution in [-0.4, -0.2) is 11.5 Å². The van der Waals surface area contributed by atoms with Gasteiger partial charge in [-0.3, -0.25) is 0 Å². The molecule has 0 atom stereocenters. The molecule has 1 heterocycles. The summed E-state index contributed by atoms with van der Waals surface area (Å²) >= 11 is 5.98. The summed E-state index contributed by atoms with van der Waals surface area (Å²) in [5.41, 5.74) is 3.54. The van der Waals surface area contributed by atoms with Crippen LogP contribution in [0.5, 0.6) is 0 Å². The Labute approximate surface area is 116 Å². The molecule has 0 saturated carbocycles. The van der Waals surface area contributed by atoms with E-state index in [0.717, 1.165) is 28.9 Å². The minimum atomic E-state index is 0.589. The Kier molecular flexibility index (Phi) is 3.13. The van der Waals surface area contributed by atoms with Crippen LogP contribution in [0.4, 0.5) is 5.69 Å². The molecule has 0 bridgehead atoms. The Bertz CT molecular complexity index is 721. The lowest BCUT2D eigenvalue weighted by Gasteiger charge is -2.00. The minimum absolute atomic E-state index is 0.589. The molecule has 19 heavy (non-hydrogen) atoms. The number of fused-ring (bicyclic) bond motifs is 1. The van der Waals surface area contributed by atoms with Crippen LogP contribution < -0.4 is 5.32 Å². The second-order valence-electron chi connectivity index (χ2n) is 4.24. The van der Waals surface area contributed by atoms with E-state index in [1.807, 2.05) is 42.5 Å². The van der Waals surface area contributed by atoms with Crippen molar-refractivity contribution >= 4 is 28.4 Å². The van der Waals surface area contributed by atoms with Gasteiger partial charge in [0.2, 0.25) is 5.89 Å². The summed E-state index contributed by atoms with van der Waals surface area (Å²) < 4.78 is 5.74. The van der Waals surface area contributed by atoms with Crippen LogP contribution in [0.1, 0.15) is 6.92 Å². The Morgan fingerprint density at radius 1 is 1.21 bits per heavy atom. The molecule has 0 unspecified atom stereocenters. The predicted octanol–water partition coefficient (Wildman–Crippen LogP) is 4.58. The van der Waals surface area contributed by atoms with Crippen molar-refractivity contribution in [1.82, 2.24) is 4.98 Å². The maximum atomic E-state index is 5.98. The largest absolute Gasteiger partial charge is 0.436 e. The van der Waals surface area contributed by atoms with Gasteiger partial charge in [0.1, 0.15) is 5.52 Å². The van der Waals surface area contributed by atoms with Crippen molar-refractivity contribution in [2.75, 3.05) is 11.9 Å². The summed E-state index contributed by atoms with van der Waals surface area (Å²) in [5, 5.41) is 3.93. The Morgan fingerprint density at radius 2 is 2.11 bits per heavy atom. The summed E-state index contributed by atoms with van der Waals surface area (Å²) in [7, 11) is 0. The second-order valence-corrected chi connectivity index (χ2v) is 4.68. The van der Waals surface area contributed by atoms with Gasteiger partial charge in [-0.15, -0.1) is 0 Å². The van der Waals surface area contributed by atoms with E-state index < -0.39 is 0 Å². The highest BCUT2D eigenvalue weighted by Crippen LogP contribution is 2.27. The number of aromatic nitrogens is 1. The first-order chi connectivity index (χ1) is 9.26. The van der Waals surface area contributed by atoms with Crippen molar-refractivity contribution < 1.29 is 4.42 Å². The molecule has 2 aromatic carbocycles. The van der Waals surface area contributed by atoms with Crippen molar-refractivity contribution in [2.45, 2.75) is 6.92 Å². The highest BCUT2D eigenvalue weighted by Gasteiger charge is 2.08. The van der Waals surface area contributed by atoms with Crippen molar-refractivity contribution in [3.8, 4) is 11.5 Å². The number of nitrogens with one attached hydrogen (secondary N) is 1. The first-order valence-corrected chi connectivity index (χ1v) is 6.54. The molecular weight excluding hydrogens is 260 g/mol. The Balaban J connectivity index is 2.06. The maximum absolute atomic E-state index is 5.98. The van der Waals surface area contributed by atoms with E-state index in [1.54, 1.807) is 0 Å². The van der Waals surface area contributed by atoms with E-state index in [2.05, 4.69) is 17.2 Å². The van der Waals surface area contributed by atoms with E-state index in [-0.39, 0.29) is 0 Å². The van der Waals surface area contributed by atoms with Crippen LogP contribution in [0.2, 0.25) is 5.02 Å². The average molecular weight is 273 g/mol. The van der Waals surface area contributed by atoms with E-state index in [4.69, 9.17) is 16.0 Å². The number of anilines is 1. The van der Waals surface area contributed by atoms with Crippen molar-refractivity contribution in [3.05, 3.63) is 47.5 Å². The number of benzene rings is 2. The highest BCUT2D eigenvalue weighted by molar-refractivity contribution is 6.30. The molecule has 0 aliphatic carbocycles. The zero-order valence-electron chi connectivity index (χ0n) is 10.5. The second kappa shape index (κ2) is 4.94. The third-order valence-corrected chi connectivity index (χ3v) is 3.08. The van der Waals surface area contributed by atoms with Gasteiger partial charge in [-0.2, -0.15) is 0 Å². The lowest BCUT2D eigenvalue weighted by Crippen LogP contribution is -1.95. The summed E-state index contributed by atoms with van der Waals surface area (Å²) in [6.45, 7) is 2.94. The number of nitrogens with zero attached hydrogens (tertiary/aromatic N) is 1. The molecule has 0 aliphatic rings.